The Morgan fingerprint density at radius 1 is 1.13 bits per heavy atom. The summed E-state index contributed by atoms with van der Waals surface area (Å²) in [5.41, 5.74) is 0. The SMILES string of the molecule is CC(=O)N[C@H](CO)[C@H](O)[C@H](O)[C@H](O)CO. The van der Waals surface area contributed by atoms with E-state index >= 15 is 0 Å². The average Bonchev–Trinajstić information content (AvgIpc) is 2.22. The quantitative estimate of drug-likeness (QED) is 0.278. The normalized spacial score (nSPS) is 19.1. The van der Waals surface area contributed by atoms with Gasteiger partial charge in [-0.1, -0.05) is 0 Å². The van der Waals surface area contributed by atoms with Gasteiger partial charge in [-0.3, -0.25) is 4.79 Å². The van der Waals surface area contributed by atoms with Gasteiger partial charge in [-0.15, -0.1) is 0 Å². The summed E-state index contributed by atoms with van der Waals surface area (Å²) in [7, 11) is 0. The van der Waals surface area contributed by atoms with Gasteiger partial charge in [0.05, 0.1) is 19.3 Å². The van der Waals surface area contributed by atoms with Crippen LogP contribution in [0.5, 0.6) is 0 Å². The van der Waals surface area contributed by atoms with Gasteiger partial charge in [0.25, 0.3) is 0 Å². The Hall–Kier alpha value is -0.730. The molecule has 0 aliphatic rings. The van der Waals surface area contributed by atoms with Gasteiger partial charge in [0, 0.05) is 6.92 Å². The molecule has 90 valence electrons. The largest absolute Gasteiger partial charge is 0.394 e. The highest BCUT2D eigenvalue weighted by atomic mass is 16.4. The van der Waals surface area contributed by atoms with Crippen molar-refractivity contribution in [3.63, 3.8) is 0 Å². The molecule has 0 saturated heterocycles. The van der Waals surface area contributed by atoms with Crippen LogP contribution in [0, 0.1) is 0 Å². The van der Waals surface area contributed by atoms with Crippen LogP contribution in [0.4, 0.5) is 0 Å². The second kappa shape index (κ2) is 6.70. The fraction of sp³-hybridized carbons (Fsp3) is 0.875. The summed E-state index contributed by atoms with van der Waals surface area (Å²) in [5.74, 6) is -0.487. The molecule has 1 amide bonds. The van der Waals surface area contributed by atoms with E-state index in [0.717, 1.165) is 0 Å². The Morgan fingerprint density at radius 2 is 1.67 bits per heavy atom. The molecule has 15 heavy (non-hydrogen) atoms. The van der Waals surface area contributed by atoms with E-state index in [1.165, 1.54) is 6.92 Å². The molecule has 4 atom stereocenters. The monoisotopic (exact) mass is 223 g/mol. The topological polar surface area (TPSA) is 130 Å². The molecule has 0 heterocycles. The molecule has 0 saturated carbocycles. The van der Waals surface area contributed by atoms with Crippen LogP contribution in [0.25, 0.3) is 0 Å². The van der Waals surface area contributed by atoms with Gasteiger partial charge in [0.2, 0.25) is 5.91 Å². The Morgan fingerprint density at radius 3 is 2.00 bits per heavy atom. The van der Waals surface area contributed by atoms with Crippen LogP contribution in [-0.4, -0.2) is 69.0 Å². The lowest BCUT2D eigenvalue weighted by Gasteiger charge is -2.27. The van der Waals surface area contributed by atoms with E-state index in [0.29, 0.717) is 0 Å². The van der Waals surface area contributed by atoms with Crippen LogP contribution in [0.3, 0.4) is 0 Å². The van der Waals surface area contributed by atoms with Crippen LogP contribution in [-0.2, 0) is 4.79 Å². The number of rotatable bonds is 6. The number of carbonyl (C=O) groups is 1. The molecule has 0 fully saturated rings. The number of hydrogen-bond donors (Lipinski definition) is 6. The zero-order valence-electron chi connectivity index (χ0n) is 8.37. The van der Waals surface area contributed by atoms with Crippen LogP contribution < -0.4 is 5.32 Å². The number of aliphatic hydroxyl groups is 5. The summed E-state index contributed by atoms with van der Waals surface area (Å²) >= 11 is 0. The fourth-order valence-electron chi connectivity index (χ4n) is 1.07. The van der Waals surface area contributed by atoms with E-state index in [2.05, 4.69) is 5.32 Å². The van der Waals surface area contributed by atoms with Crippen molar-refractivity contribution in [3.8, 4) is 0 Å². The molecule has 0 aliphatic carbocycles. The van der Waals surface area contributed by atoms with Crippen molar-refractivity contribution >= 4 is 5.91 Å². The van der Waals surface area contributed by atoms with Crippen molar-refractivity contribution in [2.24, 2.45) is 0 Å². The summed E-state index contributed by atoms with van der Waals surface area (Å²) in [6.07, 6.45) is -4.72. The van der Waals surface area contributed by atoms with Crippen molar-refractivity contribution in [3.05, 3.63) is 0 Å². The predicted molar refractivity (Wildman–Crippen MR) is 49.8 cm³/mol. The maximum atomic E-state index is 10.7. The lowest BCUT2D eigenvalue weighted by Crippen LogP contribution is -2.53. The first-order chi connectivity index (χ1) is 6.93. The van der Waals surface area contributed by atoms with Crippen LogP contribution in [0.15, 0.2) is 0 Å². The van der Waals surface area contributed by atoms with E-state index in [9.17, 15) is 15.0 Å². The summed E-state index contributed by atoms with van der Waals surface area (Å²) in [5, 5.41) is 47.3. The van der Waals surface area contributed by atoms with Gasteiger partial charge in [0.1, 0.15) is 18.3 Å². The zero-order chi connectivity index (χ0) is 12.0. The molecule has 0 aliphatic heterocycles. The predicted octanol–water partition coefficient (Wildman–Crippen LogP) is -3.44. The first-order valence-corrected chi connectivity index (χ1v) is 4.47. The van der Waals surface area contributed by atoms with Crippen molar-refractivity contribution in [2.75, 3.05) is 13.2 Å². The number of hydrogen-bond acceptors (Lipinski definition) is 6. The average molecular weight is 223 g/mol. The molecule has 0 bridgehead atoms. The van der Waals surface area contributed by atoms with Crippen molar-refractivity contribution in [1.29, 1.82) is 0 Å². The third-order valence-corrected chi connectivity index (χ3v) is 1.93. The number of nitrogens with one attached hydrogen (secondary N) is 1. The maximum absolute atomic E-state index is 10.7. The molecular weight excluding hydrogens is 206 g/mol. The van der Waals surface area contributed by atoms with E-state index in [-0.39, 0.29) is 0 Å². The first-order valence-electron chi connectivity index (χ1n) is 4.47. The van der Waals surface area contributed by atoms with Gasteiger partial charge in [-0.25, -0.2) is 0 Å². The maximum Gasteiger partial charge on any atom is 0.217 e. The first kappa shape index (κ1) is 14.3. The molecule has 7 nitrogen and oxygen atoms in total. The standard InChI is InChI=1S/C8H17NO6/c1-4(12)9-5(2-10)7(14)8(15)6(13)3-11/h5-8,10-11,13-15H,2-3H2,1H3,(H,9,12)/t5-,6-,7+,8-/m1/s1. The molecule has 0 aromatic rings. The zero-order valence-corrected chi connectivity index (χ0v) is 8.37. The van der Waals surface area contributed by atoms with Gasteiger partial charge in [0.15, 0.2) is 0 Å². The Labute approximate surface area is 87.0 Å². The van der Waals surface area contributed by atoms with Crippen LogP contribution in [0.1, 0.15) is 6.92 Å². The Kier molecular flexibility index (Phi) is 6.37. The van der Waals surface area contributed by atoms with Gasteiger partial charge in [-0.2, -0.15) is 0 Å². The smallest absolute Gasteiger partial charge is 0.217 e. The summed E-state index contributed by atoms with van der Waals surface area (Å²) in [6.45, 7) is -0.128. The Balaban J connectivity index is 4.35. The lowest BCUT2D eigenvalue weighted by molar-refractivity contribution is -0.124. The molecule has 7 heteroatoms. The van der Waals surface area contributed by atoms with Crippen LogP contribution in [0.2, 0.25) is 0 Å². The molecule has 0 unspecified atom stereocenters. The molecule has 0 aromatic carbocycles. The molecule has 6 N–H and O–H groups in total. The number of amides is 1. The van der Waals surface area contributed by atoms with Gasteiger partial charge in [-0.05, 0) is 0 Å². The second-order valence-corrected chi connectivity index (χ2v) is 3.22. The highest BCUT2D eigenvalue weighted by Gasteiger charge is 2.31. The van der Waals surface area contributed by atoms with E-state index in [1.807, 2.05) is 0 Å². The minimum atomic E-state index is -1.64. The van der Waals surface area contributed by atoms with Gasteiger partial charge < -0.3 is 30.8 Å². The number of aliphatic hydroxyl groups excluding tert-OH is 5. The van der Waals surface area contributed by atoms with Crippen molar-refractivity contribution in [1.82, 2.24) is 5.32 Å². The van der Waals surface area contributed by atoms with Crippen molar-refractivity contribution < 1.29 is 30.3 Å². The van der Waals surface area contributed by atoms with Crippen LogP contribution >= 0.6 is 0 Å². The molecule has 0 aromatic heterocycles. The minimum absolute atomic E-state index is 0.487. The van der Waals surface area contributed by atoms with E-state index in [4.69, 9.17) is 15.3 Å². The second-order valence-electron chi connectivity index (χ2n) is 3.22. The summed E-state index contributed by atoms with van der Waals surface area (Å²) in [4.78, 5) is 10.7. The summed E-state index contributed by atoms with van der Waals surface area (Å²) in [6, 6.07) is -1.08. The van der Waals surface area contributed by atoms with E-state index < -0.39 is 43.5 Å². The minimum Gasteiger partial charge on any atom is -0.394 e. The lowest BCUT2D eigenvalue weighted by atomic mass is 10.0. The third kappa shape index (κ3) is 4.54. The molecule has 0 radical (unpaired) electrons. The third-order valence-electron chi connectivity index (χ3n) is 1.93. The molecular formula is C8H17NO6. The molecule has 0 spiro atoms. The highest BCUT2D eigenvalue weighted by molar-refractivity contribution is 5.73. The van der Waals surface area contributed by atoms with Crippen molar-refractivity contribution in [2.45, 2.75) is 31.3 Å². The Bertz CT molecular complexity index is 200. The van der Waals surface area contributed by atoms with Gasteiger partial charge >= 0.3 is 0 Å². The molecule has 0 rings (SSSR count). The summed E-state index contributed by atoms with van der Waals surface area (Å²) < 4.78 is 0. The highest BCUT2D eigenvalue weighted by Crippen LogP contribution is 2.04. The van der Waals surface area contributed by atoms with E-state index in [1.54, 1.807) is 0 Å². The fourth-order valence-corrected chi connectivity index (χ4v) is 1.07. The number of carbonyl (C=O) groups excluding carboxylic acids is 1.